The van der Waals surface area contributed by atoms with Crippen molar-refractivity contribution in [2.75, 3.05) is 0 Å². The van der Waals surface area contributed by atoms with Crippen molar-refractivity contribution in [3.8, 4) is 0 Å². The van der Waals surface area contributed by atoms with E-state index in [4.69, 9.17) is 0 Å². The van der Waals surface area contributed by atoms with E-state index in [-0.39, 0.29) is 5.66 Å². The van der Waals surface area contributed by atoms with E-state index >= 15 is 0 Å². The van der Waals surface area contributed by atoms with Gasteiger partial charge in [0.2, 0.25) is 5.91 Å². The fraction of sp³-hybridized carbons (Fsp3) is 0.909. The Kier molecular flexibility index (Phi) is 1.69. The number of hydrogen-bond acceptors (Lipinski definition) is 2. The highest BCUT2D eigenvalue weighted by Crippen LogP contribution is 2.41. The number of amides is 1. The van der Waals surface area contributed by atoms with Crippen LogP contribution in [0.4, 0.5) is 0 Å². The van der Waals surface area contributed by atoms with Crippen LogP contribution < -0.4 is 5.32 Å². The molecule has 3 aliphatic rings. The van der Waals surface area contributed by atoms with Crippen molar-refractivity contribution in [1.82, 2.24) is 10.2 Å². The Bertz CT molecular complexity index is 278. The summed E-state index contributed by atoms with van der Waals surface area (Å²) in [4.78, 5) is 14.0. The molecule has 2 saturated heterocycles. The highest BCUT2D eigenvalue weighted by Gasteiger charge is 2.54. The summed E-state index contributed by atoms with van der Waals surface area (Å²) in [6.07, 6.45) is 6.82. The van der Waals surface area contributed by atoms with Gasteiger partial charge in [0, 0.05) is 18.5 Å². The van der Waals surface area contributed by atoms with E-state index in [1.54, 1.807) is 0 Å². The standard InChI is InChI=1S/C11H18N2O/c1-11-7-6-10(14)13(11)9-5-3-2-4-8(9)12-11/h8-9,12H,2-7H2,1H3/t8-,9+,11-/m0/s1. The Balaban J connectivity index is 1.92. The number of rotatable bonds is 0. The number of carbonyl (C=O) groups excluding carboxylic acids is 1. The average Bonchev–Trinajstić information content (AvgIpc) is 2.60. The van der Waals surface area contributed by atoms with Crippen LogP contribution in [-0.2, 0) is 4.79 Å². The first-order chi connectivity index (χ1) is 6.71. The second-order valence-electron chi connectivity index (χ2n) is 5.14. The van der Waals surface area contributed by atoms with Crippen LogP contribution in [0.25, 0.3) is 0 Å². The Morgan fingerprint density at radius 2 is 2.21 bits per heavy atom. The molecular weight excluding hydrogens is 176 g/mol. The third-order valence-corrected chi connectivity index (χ3v) is 4.18. The molecule has 78 valence electrons. The van der Waals surface area contributed by atoms with Gasteiger partial charge in [-0.05, 0) is 26.2 Å². The predicted molar refractivity (Wildman–Crippen MR) is 53.7 cm³/mol. The van der Waals surface area contributed by atoms with Gasteiger partial charge in [-0.1, -0.05) is 12.8 Å². The van der Waals surface area contributed by atoms with Gasteiger partial charge in [0.05, 0.1) is 5.66 Å². The minimum absolute atomic E-state index is 0.00322. The molecular formula is C11H18N2O. The normalized spacial score (nSPS) is 46.6. The SMILES string of the molecule is C[C@@]12CCC(=O)N1[C@@H]1CCCC[C@@H]1N2. The maximum Gasteiger partial charge on any atom is 0.224 e. The lowest BCUT2D eigenvalue weighted by Crippen LogP contribution is -2.47. The summed E-state index contributed by atoms with van der Waals surface area (Å²) in [5.41, 5.74) is -0.00322. The molecule has 0 aromatic carbocycles. The molecule has 0 aromatic heterocycles. The molecule has 1 saturated carbocycles. The molecule has 0 spiro atoms. The quantitative estimate of drug-likeness (QED) is 0.629. The number of nitrogens with zero attached hydrogens (tertiary/aromatic N) is 1. The summed E-state index contributed by atoms with van der Waals surface area (Å²) < 4.78 is 0. The Morgan fingerprint density at radius 3 is 3.07 bits per heavy atom. The van der Waals surface area contributed by atoms with Crippen LogP contribution in [0, 0.1) is 0 Å². The Morgan fingerprint density at radius 1 is 1.43 bits per heavy atom. The largest absolute Gasteiger partial charge is 0.320 e. The van der Waals surface area contributed by atoms with Crippen molar-refractivity contribution in [1.29, 1.82) is 0 Å². The first-order valence-corrected chi connectivity index (χ1v) is 5.81. The highest BCUT2D eigenvalue weighted by molar-refractivity contribution is 5.80. The van der Waals surface area contributed by atoms with E-state index in [9.17, 15) is 4.79 Å². The number of carbonyl (C=O) groups is 1. The van der Waals surface area contributed by atoms with Gasteiger partial charge < -0.3 is 4.90 Å². The van der Waals surface area contributed by atoms with E-state index in [0.29, 0.717) is 18.0 Å². The molecule has 14 heavy (non-hydrogen) atoms. The molecule has 1 aliphatic carbocycles. The van der Waals surface area contributed by atoms with Gasteiger partial charge in [-0.3, -0.25) is 10.1 Å². The fourth-order valence-corrected chi connectivity index (χ4v) is 3.55. The van der Waals surface area contributed by atoms with Crippen LogP contribution in [0.3, 0.4) is 0 Å². The third-order valence-electron chi connectivity index (χ3n) is 4.18. The first-order valence-electron chi connectivity index (χ1n) is 5.81. The van der Waals surface area contributed by atoms with E-state index in [1.165, 1.54) is 25.7 Å². The third kappa shape index (κ3) is 0.991. The molecule has 0 radical (unpaired) electrons. The molecule has 0 unspecified atom stereocenters. The van der Waals surface area contributed by atoms with Gasteiger partial charge >= 0.3 is 0 Å². The Labute approximate surface area is 84.8 Å². The molecule has 3 rings (SSSR count). The summed E-state index contributed by atoms with van der Waals surface area (Å²) >= 11 is 0. The summed E-state index contributed by atoms with van der Waals surface area (Å²) in [7, 11) is 0. The van der Waals surface area contributed by atoms with Gasteiger partial charge in [0.25, 0.3) is 0 Å². The molecule has 3 atom stereocenters. The second-order valence-corrected chi connectivity index (χ2v) is 5.14. The Hall–Kier alpha value is -0.570. The predicted octanol–water partition coefficient (Wildman–Crippen LogP) is 1.24. The van der Waals surface area contributed by atoms with E-state index in [2.05, 4.69) is 17.1 Å². The molecule has 1 amide bonds. The van der Waals surface area contributed by atoms with E-state index in [1.807, 2.05) is 0 Å². The van der Waals surface area contributed by atoms with Crippen molar-refractivity contribution in [2.45, 2.75) is 63.2 Å². The molecule has 3 nitrogen and oxygen atoms in total. The minimum Gasteiger partial charge on any atom is -0.320 e. The van der Waals surface area contributed by atoms with Crippen LogP contribution in [-0.4, -0.2) is 28.6 Å². The zero-order valence-electron chi connectivity index (χ0n) is 8.75. The van der Waals surface area contributed by atoms with Crippen molar-refractivity contribution in [3.05, 3.63) is 0 Å². The van der Waals surface area contributed by atoms with Gasteiger partial charge in [0.1, 0.15) is 0 Å². The molecule has 2 heterocycles. The summed E-state index contributed by atoms with van der Waals surface area (Å²) in [5.74, 6) is 0.370. The van der Waals surface area contributed by atoms with Crippen molar-refractivity contribution < 1.29 is 4.79 Å². The number of fused-ring (bicyclic) bond motifs is 3. The molecule has 0 aromatic rings. The van der Waals surface area contributed by atoms with Gasteiger partial charge in [-0.2, -0.15) is 0 Å². The van der Waals surface area contributed by atoms with Crippen LogP contribution in [0.5, 0.6) is 0 Å². The van der Waals surface area contributed by atoms with Crippen LogP contribution in [0.2, 0.25) is 0 Å². The lowest BCUT2D eigenvalue weighted by Gasteiger charge is -2.32. The minimum atomic E-state index is -0.00322. The average molecular weight is 194 g/mol. The summed E-state index contributed by atoms with van der Waals surface area (Å²) in [6.45, 7) is 2.19. The summed E-state index contributed by atoms with van der Waals surface area (Å²) in [6, 6.07) is 1.08. The maximum atomic E-state index is 11.8. The van der Waals surface area contributed by atoms with Crippen molar-refractivity contribution >= 4 is 5.91 Å². The van der Waals surface area contributed by atoms with Gasteiger partial charge in [0.15, 0.2) is 0 Å². The van der Waals surface area contributed by atoms with E-state index < -0.39 is 0 Å². The van der Waals surface area contributed by atoms with Crippen LogP contribution >= 0.6 is 0 Å². The van der Waals surface area contributed by atoms with Crippen LogP contribution in [0.15, 0.2) is 0 Å². The van der Waals surface area contributed by atoms with E-state index in [0.717, 1.165) is 12.8 Å². The van der Waals surface area contributed by atoms with Gasteiger partial charge in [-0.25, -0.2) is 0 Å². The van der Waals surface area contributed by atoms with Crippen molar-refractivity contribution in [2.24, 2.45) is 0 Å². The fourth-order valence-electron chi connectivity index (χ4n) is 3.55. The first kappa shape index (κ1) is 8.72. The summed E-state index contributed by atoms with van der Waals surface area (Å²) in [5, 5.41) is 3.67. The zero-order chi connectivity index (χ0) is 9.76. The smallest absolute Gasteiger partial charge is 0.224 e. The topological polar surface area (TPSA) is 32.3 Å². The highest BCUT2D eigenvalue weighted by atomic mass is 16.2. The molecule has 0 bridgehead atoms. The molecule has 1 N–H and O–H groups in total. The number of hydrogen-bond donors (Lipinski definition) is 1. The lowest BCUT2D eigenvalue weighted by molar-refractivity contribution is -0.132. The number of nitrogens with one attached hydrogen (secondary N) is 1. The lowest BCUT2D eigenvalue weighted by atomic mass is 9.91. The van der Waals surface area contributed by atoms with Crippen LogP contribution in [0.1, 0.15) is 45.4 Å². The van der Waals surface area contributed by atoms with Crippen molar-refractivity contribution in [3.63, 3.8) is 0 Å². The monoisotopic (exact) mass is 194 g/mol. The maximum absolute atomic E-state index is 11.8. The molecule has 3 heteroatoms. The molecule has 3 fully saturated rings. The zero-order valence-corrected chi connectivity index (χ0v) is 8.75. The second kappa shape index (κ2) is 2.72. The van der Waals surface area contributed by atoms with Gasteiger partial charge in [-0.15, -0.1) is 0 Å². The molecule has 2 aliphatic heterocycles.